The Labute approximate surface area is 88.8 Å². The first-order valence-electron chi connectivity index (χ1n) is 6.58. The Bertz CT molecular complexity index is 202. The van der Waals surface area contributed by atoms with Gasteiger partial charge in [0.15, 0.2) is 0 Å². The van der Waals surface area contributed by atoms with E-state index in [-0.39, 0.29) is 0 Å². The third-order valence-corrected chi connectivity index (χ3v) is 3.95. The lowest BCUT2D eigenvalue weighted by molar-refractivity contribution is 0.594. The van der Waals surface area contributed by atoms with Crippen LogP contribution in [0.15, 0.2) is 11.6 Å². The summed E-state index contributed by atoms with van der Waals surface area (Å²) in [5.41, 5.74) is 1.78. The summed E-state index contributed by atoms with van der Waals surface area (Å²) in [6.45, 7) is 2.30. The van der Waals surface area contributed by atoms with Gasteiger partial charge in [0.2, 0.25) is 0 Å². The molecule has 0 aliphatic heterocycles. The fraction of sp³-hybridized carbons (Fsp3) is 0.857. The van der Waals surface area contributed by atoms with E-state index in [4.69, 9.17) is 0 Å². The molecule has 80 valence electrons. The smallest absolute Gasteiger partial charge is 0.0317 e. The molecule has 2 unspecified atom stereocenters. The molecule has 0 aromatic carbocycles. The van der Waals surface area contributed by atoms with Crippen LogP contribution in [0, 0.1) is 11.8 Å². The molecule has 2 aliphatic rings. The molecular weight excluding hydrogens is 168 g/mol. The Kier molecular flexibility index (Phi) is 3.67. The Hall–Kier alpha value is -0.260. The molecule has 0 aromatic rings. The first-order chi connectivity index (χ1) is 6.90. The molecule has 0 bridgehead atoms. The molecule has 0 radical (unpaired) electrons. The Balaban J connectivity index is 1.83. The van der Waals surface area contributed by atoms with Gasteiger partial charge in [0.1, 0.15) is 0 Å². The Morgan fingerprint density at radius 2 is 2.21 bits per heavy atom. The van der Waals surface area contributed by atoms with Crippen LogP contribution in [-0.2, 0) is 0 Å². The lowest BCUT2D eigenvalue weighted by Gasteiger charge is -2.05. The summed E-state index contributed by atoms with van der Waals surface area (Å²) in [4.78, 5) is 0. The maximum Gasteiger partial charge on any atom is -0.0317 e. The van der Waals surface area contributed by atoms with Gasteiger partial charge in [-0.15, -0.1) is 0 Å². The molecule has 0 N–H and O–H groups in total. The van der Waals surface area contributed by atoms with Crippen molar-refractivity contribution in [2.24, 2.45) is 11.8 Å². The molecule has 2 atom stereocenters. The molecule has 14 heavy (non-hydrogen) atoms. The summed E-state index contributed by atoms with van der Waals surface area (Å²) in [6.07, 6.45) is 15.5. The van der Waals surface area contributed by atoms with E-state index >= 15 is 0 Å². The highest BCUT2D eigenvalue weighted by atomic mass is 14.4. The van der Waals surface area contributed by atoms with E-state index in [1.54, 1.807) is 5.57 Å². The molecule has 0 nitrogen and oxygen atoms in total. The predicted molar refractivity (Wildman–Crippen MR) is 62.3 cm³/mol. The Morgan fingerprint density at radius 3 is 3.07 bits per heavy atom. The van der Waals surface area contributed by atoms with Gasteiger partial charge < -0.3 is 0 Å². The van der Waals surface area contributed by atoms with Crippen molar-refractivity contribution in [2.45, 2.75) is 64.7 Å². The standard InChI is InChI=1S/C14H24/c1-2-3-6-12-7-4-5-8-13-11-14(13)10-9-12/h9,13-14H,2-8,10-11H2,1H3. The van der Waals surface area contributed by atoms with Crippen LogP contribution >= 0.6 is 0 Å². The van der Waals surface area contributed by atoms with Crippen LogP contribution in [0.25, 0.3) is 0 Å². The summed E-state index contributed by atoms with van der Waals surface area (Å²) in [6, 6.07) is 0. The number of fused-ring (bicyclic) bond motifs is 1. The zero-order valence-electron chi connectivity index (χ0n) is 9.60. The molecule has 0 aromatic heterocycles. The van der Waals surface area contributed by atoms with Crippen LogP contribution in [0.2, 0.25) is 0 Å². The van der Waals surface area contributed by atoms with Crippen LogP contribution < -0.4 is 0 Å². The maximum absolute atomic E-state index is 2.59. The van der Waals surface area contributed by atoms with Crippen molar-refractivity contribution in [1.29, 1.82) is 0 Å². The van der Waals surface area contributed by atoms with Crippen LogP contribution in [0.4, 0.5) is 0 Å². The normalized spacial score (nSPS) is 32.2. The lowest BCUT2D eigenvalue weighted by atomic mass is 10.0. The van der Waals surface area contributed by atoms with E-state index in [0.29, 0.717) is 0 Å². The third kappa shape index (κ3) is 2.87. The van der Waals surface area contributed by atoms with Crippen LogP contribution in [-0.4, -0.2) is 0 Å². The first-order valence-corrected chi connectivity index (χ1v) is 6.58. The SMILES string of the molecule is CCCCC1=CCC2CC2CCCC1. The number of rotatable bonds is 3. The first kappa shape index (κ1) is 10.3. The van der Waals surface area contributed by atoms with Crippen molar-refractivity contribution < 1.29 is 0 Å². The fourth-order valence-corrected chi connectivity index (χ4v) is 2.76. The van der Waals surface area contributed by atoms with Crippen molar-refractivity contribution in [3.8, 4) is 0 Å². The second kappa shape index (κ2) is 5.00. The quantitative estimate of drug-likeness (QED) is 0.568. The van der Waals surface area contributed by atoms with E-state index in [1.807, 2.05) is 0 Å². The minimum absolute atomic E-state index is 1.09. The van der Waals surface area contributed by atoms with Gasteiger partial charge in [-0.05, 0) is 50.4 Å². The van der Waals surface area contributed by atoms with Crippen LogP contribution in [0.1, 0.15) is 64.7 Å². The van der Waals surface area contributed by atoms with Crippen molar-refractivity contribution >= 4 is 0 Å². The van der Waals surface area contributed by atoms with E-state index in [9.17, 15) is 0 Å². The van der Waals surface area contributed by atoms with Crippen molar-refractivity contribution in [3.05, 3.63) is 11.6 Å². The molecule has 2 aliphatic carbocycles. The average molecular weight is 192 g/mol. The highest BCUT2D eigenvalue weighted by Gasteiger charge is 2.35. The summed E-state index contributed by atoms with van der Waals surface area (Å²) in [7, 11) is 0. The molecule has 0 heteroatoms. The summed E-state index contributed by atoms with van der Waals surface area (Å²) >= 11 is 0. The Morgan fingerprint density at radius 1 is 1.29 bits per heavy atom. The zero-order valence-corrected chi connectivity index (χ0v) is 9.60. The molecule has 1 saturated carbocycles. The number of hydrogen-bond acceptors (Lipinski definition) is 0. The number of unbranched alkanes of at least 4 members (excludes halogenated alkanes) is 1. The second-order valence-corrected chi connectivity index (χ2v) is 5.20. The van der Waals surface area contributed by atoms with Gasteiger partial charge in [0, 0.05) is 0 Å². The van der Waals surface area contributed by atoms with E-state index in [0.717, 1.165) is 11.8 Å². The van der Waals surface area contributed by atoms with Gasteiger partial charge in [0.05, 0.1) is 0 Å². The monoisotopic (exact) mass is 192 g/mol. The molecular formula is C14H24. The van der Waals surface area contributed by atoms with Gasteiger partial charge in [-0.25, -0.2) is 0 Å². The van der Waals surface area contributed by atoms with Gasteiger partial charge in [-0.1, -0.05) is 37.8 Å². The number of allylic oxidation sites excluding steroid dienone is 2. The van der Waals surface area contributed by atoms with E-state index < -0.39 is 0 Å². The van der Waals surface area contributed by atoms with Gasteiger partial charge in [-0.2, -0.15) is 0 Å². The van der Waals surface area contributed by atoms with Crippen LogP contribution in [0.5, 0.6) is 0 Å². The average Bonchev–Trinajstić information content (AvgIpc) is 2.93. The van der Waals surface area contributed by atoms with E-state index in [2.05, 4.69) is 13.0 Å². The summed E-state index contributed by atoms with van der Waals surface area (Å²) in [5.74, 6) is 2.21. The zero-order chi connectivity index (χ0) is 9.80. The summed E-state index contributed by atoms with van der Waals surface area (Å²) in [5, 5.41) is 0. The minimum atomic E-state index is 1.09. The molecule has 0 amide bonds. The molecule has 0 saturated heterocycles. The fourth-order valence-electron chi connectivity index (χ4n) is 2.76. The van der Waals surface area contributed by atoms with Gasteiger partial charge >= 0.3 is 0 Å². The van der Waals surface area contributed by atoms with Crippen molar-refractivity contribution in [1.82, 2.24) is 0 Å². The second-order valence-electron chi connectivity index (χ2n) is 5.20. The van der Waals surface area contributed by atoms with Crippen LogP contribution in [0.3, 0.4) is 0 Å². The maximum atomic E-state index is 2.59. The molecule has 0 heterocycles. The lowest BCUT2D eigenvalue weighted by Crippen LogP contribution is -1.86. The summed E-state index contributed by atoms with van der Waals surface area (Å²) < 4.78 is 0. The highest BCUT2D eigenvalue weighted by molar-refractivity contribution is 5.06. The molecule has 2 rings (SSSR count). The molecule has 0 spiro atoms. The van der Waals surface area contributed by atoms with E-state index in [1.165, 1.54) is 57.8 Å². The van der Waals surface area contributed by atoms with Gasteiger partial charge in [-0.3, -0.25) is 0 Å². The third-order valence-electron chi connectivity index (χ3n) is 3.95. The highest BCUT2D eigenvalue weighted by Crippen LogP contribution is 2.46. The topological polar surface area (TPSA) is 0 Å². The molecule has 1 fully saturated rings. The van der Waals surface area contributed by atoms with Gasteiger partial charge in [0.25, 0.3) is 0 Å². The predicted octanol–water partition coefficient (Wildman–Crippen LogP) is 4.70. The van der Waals surface area contributed by atoms with Crippen molar-refractivity contribution in [3.63, 3.8) is 0 Å². The number of hydrogen-bond donors (Lipinski definition) is 0. The largest absolute Gasteiger partial charge is 0.0850 e. The van der Waals surface area contributed by atoms with Crippen molar-refractivity contribution in [2.75, 3.05) is 0 Å². The minimum Gasteiger partial charge on any atom is -0.0850 e.